The fourth-order valence-electron chi connectivity index (χ4n) is 9.01. The zero-order valence-electron chi connectivity index (χ0n) is 19.1. The van der Waals surface area contributed by atoms with E-state index in [0.717, 1.165) is 37.2 Å². The number of ether oxygens (including phenoxy) is 1. The number of aliphatic hydroxyl groups excluding tert-OH is 1. The average molecular weight is 391 g/mol. The summed E-state index contributed by atoms with van der Waals surface area (Å²) in [6, 6.07) is 0. The molecule has 2 heteroatoms. The van der Waals surface area contributed by atoms with Crippen LogP contribution in [0.2, 0.25) is 0 Å². The van der Waals surface area contributed by atoms with E-state index in [0.29, 0.717) is 11.3 Å². The molecule has 1 N–H and O–H groups in total. The SMILES string of the molecule is CCCCC12CC(O)C3C(CCC4CCCCC43C)C1CCC2(C)OCCC. The van der Waals surface area contributed by atoms with Crippen molar-refractivity contribution in [3.05, 3.63) is 0 Å². The molecule has 2 nitrogen and oxygen atoms in total. The molecule has 28 heavy (non-hydrogen) atoms. The molecule has 0 spiro atoms. The van der Waals surface area contributed by atoms with Crippen LogP contribution >= 0.6 is 0 Å². The van der Waals surface area contributed by atoms with Crippen LogP contribution in [0.25, 0.3) is 0 Å². The Hall–Kier alpha value is -0.0800. The van der Waals surface area contributed by atoms with Crippen molar-refractivity contribution >= 4 is 0 Å². The molecule has 0 aromatic heterocycles. The highest BCUT2D eigenvalue weighted by Crippen LogP contribution is 2.70. The number of fused-ring (bicyclic) bond motifs is 5. The Morgan fingerprint density at radius 2 is 1.79 bits per heavy atom. The number of unbranched alkanes of at least 4 members (excludes halogenated alkanes) is 1. The Morgan fingerprint density at radius 1 is 0.964 bits per heavy atom. The lowest BCUT2D eigenvalue weighted by Crippen LogP contribution is -2.61. The van der Waals surface area contributed by atoms with Gasteiger partial charge in [0.15, 0.2) is 0 Å². The van der Waals surface area contributed by atoms with Crippen molar-refractivity contribution in [1.29, 1.82) is 0 Å². The van der Waals surface area contributed by atoms with E-state index in [2.05, 4.69) is 27.7 Å². The predicted molar refractivity (Wildman–Crippen MR) is 116 cm³/mol. The van der Waals surface area contributed by atoms with E-state index < -0.39 is 0 Å². The number of rotatable bonds is 6. The third-order valence-corrected chi connectivity index (χ3v) is 10.3. The third kappa shape index (κ3) is 3.03. The van der Waals surface area contributed by atoms with E-state index >= 15 is 0 Å². The molecule has 8 atom stereocenters. The van der Waals surface area contributed by atoms with Gasteiger partial charge in [-0.25, -0.2) is 0 Å². The van der Waals surface area contributed by atoms with Crippen molar-refractivity contribution in [1.82, 2.24) is 0 Å². The fourth-order valence-corrected chi connectivity index (χ4v) is 9.01. The van der Waals surface area contributed by atoms with Crippen molar-refractivity contribution < 1.29 is 9.84 Å². The summed E-state index contributed by atoms with van der Waals surface area (Å²) in [6.45, 7) is 10.4. The van der Waals surface area contributed by atoms with Gasteiger partial charge in [-0.1, -0.05) is 46.5 Å². The zero-order valence-corrected chi connectivity index (χ0v) is 19.1. The highest BCUT2D eigenvalue weighted by molar-refractivity contribution is 5.16. The maximum Gasteiger partial charge on any atom is 0.0714 e. The molecule has 4 aliphatic carbocycles. The first-order valence-electron chi connectivity index (χ1n) is 12.7. The summed E-state index contributed by atoms with van der Waals surface area (Å²) in [4.78, 5) is 0. The molecule has 8 unspecified atom stereocenters. The van der Waals surface area contributed by atoms with Gasteiger partial charge in [0.1, 0.15) is 0 Å². The van der Waals surface area contributed by atoms with Crippen LogP contribution in [0, 0.1) is 34.5 Å². The molecule has 4 aliphatic rings. The van der Waals surface area contributed by atoms with Gasteiger partial charge in [0.05, 0.1) is 11.7 Å². The molecule has 0 aromatic carbocycles. The van der Waals surface area contributed by atoms with Crippen molar-refractivity contribution in [2.75, 3.05) is 6.61 Å². The van der Waals surface area contributed by atoms with Gasteiger partial charge >= 0.3 is 0 Å². The van der Waals surface area contributed by atoms with Gasteiger partial charge in [0.25, 0.3) is 0 Å². The maximum atomic E-state index is 11.7. The van der Waals surface area contributed by atoms with E-state index in [4.69, 9.17) is 4.74 Å². The van der Waals surface area contributed by atoms with Crippen molar-refractivity contribution in [2.24, 2.45) is 34.5 Å². The standard InChI is InChI=1S/C26H46O2/c1-5-7-15-26-18-22(27)23-20(12-11-19-10-8-9-14-24(19,23)3)21(26)13-16-25(26,4)28-17-6-2/h19-23,27H,5-18H2,1-4H3. The van der Waals surface area contributed by atoms with Crippen LogP contribution in [0.5, 0.6) is 0 Å². The van der Waals surface area contributed by atoms with Crippen LogP contribution in [0.4, 0.5) is 0 Å². The molecule has 0 radical (unpaired) electrons. The zero-order chi connectivity index (χ0) is 20.0. The quantitative estimate of drug-likeness (QED) is 0.544. The Balaban J connectivity index is 1.68. The summed E-state index contributed by atoms with van der Waals surface area (Å²) in [6.07, 6.45) is 16.7. The molecule has 0 aromatic rings. The van der Waals surface area contributed by atoms with Gasteiger partial charge in [-0.3, -0.25) is 0 Å². The lowest BCUT2D eigenvalue weighted by molar-refractivity contribution is -0.212. The minimum atomic E-state index is -0.119. The first-order chi connectivity index (χ1) is 13.4. The predicted octanol–water partition coefficient (Wildman–Crippen LogP) is 6.75. The normalized spacial score (nSPS) is 50.7. The van der Waals surface area contributed by atoms with Crippen LogP contribution in [-0.2, 0) is 4.74 Å². The lowest BCUT2D eigenvalue weighted by atomic mass is 9.43. The number of hydrogen-bond donors (Lipinski definition) is 1. The van der Waals surface area contributed by atoms with Crippen LogP contribution < -0.4 is 0 Å². The average Bonchev–Trinajstić information content (AvgIpc) is 2.97. The smallest absolute Gasteiger partial charge is 0.0714 e. The van der Waals surface area contributed by atoms with E-state index in [1.165, 1.54) is 70.6 Å². The van der Waals surface area contributed by atoms with E-state index in [1.54, 1.807) is 0 Å². The molecule has 4 fully saturated rings. The monoisotopic (exact) mass is 390 g/mol. The molecule has 0 bridgehead atoms. The van der Waals surface area contributed by atoms with Gasteiger partial charge in [0.2, 0.25) is 0 Å². The lowest BCUT2D eigenvalue weighted by Gasteiger charge is -2.63. The van der Waals surface area contributed by atoms with Crippen molar-refractivity contribution in [3.8, 4) is 0 Å². The van der Waals surface area contributed by atoms with E-state index in [-0.39, 0.29) is 17.1 Å². The summed E-state index contributed by atoms with van der Waals surface area (Å²) in [5.41, 5.74) is 0.566. The molecule has 0 saturated heterocycles. The summed E-state index contributed by atoms with van der Waals surface area (Å²) < 4.78 is 6.66. The minimum absolute atomic E-state index is 0.0287. The van der Waals surface area contributed by atoms with Gasteiger partial charge in [-0.05, 0) is 93.8 Å². The van der Waals surface area contributed by atoms with Gasteiger partial charge in [-0.2, -0.15) is 0 Å². The Kier molecular flexibility index (Phi) is 5.95. The molecule has 0 aliphatic heterocycles. The first-order valence-corrected chi connectivity index (χ1v) is 12.7. The molecule has 0 amide bonds. The van der Waals surface area contributed by atoms with Crippen molar-refractivity contribution in [3.63, 3.8) is 0 Å². The second-order valence-corrected chi connectivity index (χ2v) is 11.5. The largest absolute Gasteiger partial charge is 0.393 e. The van der Waals surface area contributed by atoms with Gasteiger partial charge < -0.3 is 9.84 Å². The van der Waals surface area contributed by atoms with Crippen LogP contribution in [0.15, 0.2) is 0 Å². The molecule has 4 rings (SSSR count). The molecule has 162 valence electrons. The summed E-state index contributed by atoms with van der Waals surface area (Å²) in [7, 11) is 0. The highest BCUT2D eigenvalue weighted by Gasteiger charge is 2.67. The molecule has 0 heterocycles. The fraction of sp³-hybridized carbons (Fsp3) is 1.00. The van der Waals surface area contributed by atoms with Gasteiger partial charge in [-0.15, -0.1) is 0 Å². The molecular weight excluding hydrogens is 344 g/mol. The summed E-state index contributed by atoms with van der Waals surface area (Å²) >= 11 is 0. The first kappa shape index (κ1) is 21.2. The third-order valence-electron chi connectivity index (χ3n) is 10.3. The molecular formula is C26H46O2. The van der Waals surface area contributed by atoms with E-state index in [9.17, 15) is 5.11 Å². The topological polar surface area (TPSA) is 29.5 Å². The van der Waals surface area contributed by atoms with Crippen LogP contribution in [0.3, 0.4) is 0 Å². The minimum Gasteiger partial charge on any atom is -0.393 e. The second-order valence-electron chi connectivity index (χ2n) is 11.5. The summed E-state index contributed by atoms with van der Waals surface area (Å²) in [5, 5.41) is 11.7. The highest BCUT2D eigenvalue weighted by atomic mass is 16.5. The van der Waals surface area contributed by atoms with Crippen LogP contribution in [-0.4, -0.2) is 23.4 Å². The van der Waals surface area contributed by atoms with Gasteiger partial charge in [0, 0.05) is 12.0 Å². The Labute approximate surface area is 174 Å². The van der Waals surface area contributed by atoms with E-state index in [1.807, 2.05) is 0 Å². The Morgan fingerprint density at radius 3 is 2.54 bits per heavy atom. The van der Waals surface area contributed by atoms with Crippen molar-refractivity contribution in [2.45, 2.75) is 123 Å². The van der Waals surface area contributed by atoms with Crippen LogP contribution in [0.1, 0.15) is 111 Å². The number of hydrogen-bond acceptors (Lipinski definition) is 2. The summed E-state index contributed by atoms with van der Waals surface area (Å²) in [5.74, 6) is 2.91. The second kappa shape index (κ2) is 7.88. The Bertz CT molecular complexity index is 547. The maximum absolute atomic E-state index is 11.7. The number of aliphatic hydroxyl groups is 1. The molecule has 4 saturated carbocycles.